The molecular weight excluding hydrogens is 342 g/mol. The van der Waals surface area contributed by atoms with E-state index in [0.717, 1.165) is 16.4 Å². The molecule has 1 aliphatic heterocycles. The first-order valence-electron chi connectivity index (χ1n) is 7.97. The second-order valence-electron chi connectivity index (χ2n) is 6.24. The third kappa shape index (κ3) is 2.84. The number of carbonyl (C=O) groups excluding carboxylic acids is 1. The smallest absolute Gasteiger partial charge is 0.228 e. The molecule has 7 heteroatoms. The summed E-state index contributed by atoms with van der Waals surface area (Å²) >= 11 is 0. The van der Waals surface area contributed by atoms with Crippen LogP contribution in [0.25, 0.3) is 21.9 Å². The molecule has 1 fully saturated rings. The normalized spacial score (nSPS) is 19.3. The predicted octanol–water partition coefficient (Wildman–Crippen LogP) is 2.97. The van der Waals surface area contributed by atoms with Crippen molar-refractivity contribution in [1.29, 1.82) is 0 Å². The third-order valence-corrected chi connectivity index (χ3v) is 6.33. The predicted molar refractivity (Wildman–Crippen MR) is 95.7 cm³/mol. The van der Waals surface area contributed by atoms with E-state index in [1.54, 1.807) is 6.07 Å². The maximum absolute atomic E-state index is 12.4. The van der Waals surface area contributed by atoms with Crippen LogP contribution in [0.5, 0.6) is 5.75 Å². The van der Waals surface area contributed by atoms with Crippen molar-refractivity contribution in [2.45, 2.75) is 6.42 Å². The van der Waals surface area contributed by atoms with Crippen molar-refractivity contribution >= 4 is 43.4 Å². The average molecular weight is 359 g/mol. The summed E-state index contributed by atoms with van der Waals surface area (Å²) in [4.78, 5) is 12.4. The minimum atomic E-state index is -3.11. The highest BCUT2D eigenvalue weighted by Gasteiger charge is 2.33. The van der Waals surface area contributed by atoms with Crippen molar-refractivity contribution in [2.75, 3.05) is 23.9 Å². The van der Waals surface area contributed by atoms with E-state index in [1.165, 1.54) is 7.11 Å². The Morgan fingerprint density at radius 3 is 2.72 bits per heavy atom. The fourth-order valence-electron chi connectivity index (χ4n) is 3.25. The highest BCUT2D eigenvalue weighted by molar-refractivity contribution is 7.91. The number of furan rings is 1. The molecule has 0 spiro atoms. The monoisotopic (exact) mass is 359 g/mol. The van der Waals surface area contributed by atoms with Crippen molar-refractivity contribution < 1.29 is 22.4 Å². The van der Waals surface area contributed by atoms with Crippen LogP contribution >= 0.6 is 0 Å². The van der Waals surface area contributed by atoms with Gasteiger partial charge in [0.1, 0.15) is 16.9 Å². The number of hydrogen-bond acceptors (Lipinski definition) is 5. The molecule has 4 rings (SSSR count). The Hall–Kier alpha value is -2.54. The molecule has 1 aliphatic rings. The lowest BCUT2D eigenvalue weighted by Gasteiger charge is -2.13. The van der Waals surface area contributed by atoms with E-state index in [4.69, 9.17) is 9.15 Å². The Kier molecular flexibility index (Phi) is 3.68. The Labute approximate surface area is 144 Å². The van der Waals surface area contributed by atoms with Crippen molar-refractivity contribution in [3.8, 4) is 5.75 Å². The summed E-state index contributed by atoms with van der Waals surface area (Å²) < 4.78 is 34.4. The number of ether oxygens (including phenoxy) is 1. The van der Waals surface area contributed by atoms with Gasteiger partial charge in [-0.2, -0.15) is 0 Å². The van der Waals surface area contributed by atoms with E-state index in [-0.39, 0.29) is 17.4 Å². The van der Waals surface area contributed by atoms with Crippen molar-refractivity contribution in [3.05, 3.63) is 36.4 Å². The molecular formula is C18H17NO5S. The number of carbonyl (C=O) groups is 1. The molecule has 1 atom stereocenters. The second-order valence-corrected chi connectivity index (χ2v) is 8.46. The number of benzene rings is 2. The molecule has 1 aromatic heterocycles. The van der Waals surface area contributed by atoms with E-state index in [2.05, 4.69) is 5.32 Å². The van der Waals surface area contributed by atoms with Gasteiger partial charge in [-0.1, -0.05) is 18.2 Å². The van der Waals surface area contributed by atoms with E-state index < -0.39 is 15.8 Å². The average Bonchev–Trinajstić information content (AvgIpc) is 3.13. The van der Waals surface area contributed by atoms with Crippen LogP contribution in [0.1, 0.15) is 6.42 Å². The molecule has 0 bridgehead atoms. The Bertz CT molecular complexity index is 1080. The number of rotatable bonds is 3. The highest BCUT2D eigenvalue weighted by Crippen LogP contribution is 2.36. The number of hydrogen-bond donors (Lipinski definition) is 1. The topological polar surface area (TPSA) is 85.6 Å². The summed E-state index contributed by atoms with van der Waals surface area (Å²) in [5.74, 6) is -0.372. The highest BCUT2D eigenvalue weighted by atomic mass is 32.2. The van der Waals surface area contributed by atoms with Crippen molar-refractivity contribution in [3.63, 3.8) is 0 Å². The summed E-state index contributed by atoms with van der Waals surface area (Å²) in [6, 6.07) is 11.2. The first kappa shape index (κ1) is 16.0. The van der Waals surface area contributed by atoms with Gasteiger partial charge in [-0.3, -0.25) is 4.79 Å². The number of anilines is 1. The molecule has 3 aromatic rings. The first-order valence-corrected chi connectivity index (χ1v) is 9.79. The Morgan fingerprint density at radius 1 is 1.20 bits per heavy atom. The fraction of sp³-hybridized carbons (Fsp3) is 0.278. The van der Waals surface area contributed by atoms with Crippen molar-refractivity contribution in [1.82, 2.24) is 0 Å². The zero-order chi connectivity index (χ0) is 17.6. The van der Waals surface area contributed by atoms with Crippen molar-refractivity contribution in [2.24, 2.45) is 5.92 Å². The lowest BCUT2D eigenvalue weighted by molar-refractivity contribution is -0.119. The van der Waals surface area contributed by atoms with Gasteiger partial charge in [0.15, 0.2) is 9.84 Å². The first-order chi connectivity index (χ1) is 12.0. The van der Waals surface area contributed by atoms with Gasteiger partial charge in [-0.25, -0.2) is 8.42 Å². The van der Waals surface area contributed by atoms with Gasteiger partial charge in [-0.15, -0.1) is 0 Å². The maximum Gasteiger partial charge on any atom is 0.228 e. The molecule has 0 unspecified atom stereocenters. The molecule has 25 heavy (non-hydrogen) atoms. The molecule has 2 heterocycles. The molecule has 130 valence electrons. The Balaban J connectivity index is 1.71. The van der Waals surface area contributed by atoms with Crippen LogP contribution in [0, 0.1) is 5.92 Å². The standard InChI is InChI=1S/C18H17NO5S/c1-23-17-8-13-12-4-2-3-5-15(12)24-16(13)9-14(17)19-18(20)11-6-7-25(21,22)10-11/h2-5,8-9,11H,6-7,10H2,1H3,(H,19,20)/t11-/m0/s1. The third-order valence-electron chi connectivity index (χ3n) is 4.56. The van der Waals surface area contributed by atoms with Crippen LogP contribution in [0.2, 0.25) is 0 Å². The SMILES string of the molecule is COc1cc2c(cc1NC(=O)[C@H]1CCS(=O)(=O)C1)oc1ccccc12. The minimum Gasteiger partial charge on any atom is -0.495 e. The molecule has 1 amide bonds. The number of nitrogens with one attached hydrogen (secondary N) is 1. The van der Waals surface area contributed by atoms with E-state index in [1.807, 2.05) is 30.3 Å². The van der Waals surface area contributed by atoms with E-state index in [0.29, 0.717) is 23.4 Å². The summed E-state index contributed by atoms with van der Waals surface area (Å²) in [5.41, 5.74) is 1.87. The molecule has 1 saturated heterocycles. The lowest BCUT2D eigenvalue weighted by Crippen LogP contribution is -2.23. The maximum atomic E-state index is 12.4. The molecule has 1 N–H and O–H groups in total. The molecule has 0 saturated carbocycles. The number of amides is 1. The molecule has 6 nitrogen and oxygen atoms in total. The largest absolute Gasteiger partial charge is 0.495 e. The Morgan fingerprint density at radius 2 is 2.00 bits per heavy atom. The fourth-order valence-corrected chi connectivity index (χ4v) is 5.00. The van der Waals surface area contributed by atoms with Gasteiger partial charge < -0.3 is 14.5 Å². The van der Waals surface area contributed by atoms with Gasteiger partial charge >= 0.3 is 0 Å². The van der Waals surface area contributed by atoms with Gasteiger partial charge in [0.25, 0.3) is 0 Å². The van der Waals surface area contributed by atoms with Crippen LogP contribution in [0.15, 0.2) is 40.8 Å². The summed E-state index contributed by atoms with van der Waals surface area (Å²) in [6.45, 7) is 0. The van der Waals surface area contributed by atoms with Crippen LogP contribution in [0.4, 0.5) is 5.69 Å². The zero-order valence-electron chi connectivity index (χ0n) is 13.6. The summed E-state index contributed by atoms with van der Waals surface area (Å²) in [5, 5.41) is 4.65. The van der Waals surface area contributed by atoms with Gasteiger partial charge in [0, 0.05) is 16.8 Å². The van der Waals surface area contributed by atoms with E-state index >= 15 is 0 Å². The number of para-hydroxylation sites is 1. The molecule has 0 aliphatic carbocycles. The molecule has 0 radical (unpaired) electrons. The van der Waals surface area contributed by atoms with Gasteiger partial charge in [-0.05, 0) is 18.6 Å². The summed E-state index contributed by atoms with van der Waals surface area (Å²) in [7, 11) is -1.58. The quantitative estimate of drug-likeness (QED) is 0.777. The van der Waals surface area contributed by atoms with E-state index in [9.17, 15) is 13.2 Å². The second kappa shape index (κ2) is 5.77. The molecule has 2 aromatic carbocycles. The van der Waals surface area contributed by atoms with Gasteiger partial charge in [0.2, 0.25) is 5.91 Å². The van der Waals surface area contributed by atoms with Crippen LogP contribution < -0.4 is 10.1 Å². The lowest BCUT2D eigenvalue weighted by atomic mass is 10.1. The number of fused-ring (bicyclic) bond motifs is 3. The van der Waals surface area contributed by atoms with Crippen LogP contribution in [-0.2, 0) is 14.6 Å². The zero-order valence-corrected chi connectivity index (χ0v) is 14.4. The van der Waals surface area contributed by atoms with Crippen LogP contribution in [-0.4, -0.2) is 32.9 Å². The minimum absolute atomic E-state index is 0.0603. The van der Waals surface area contributed by atoms with Crippen LogP contribution in [0.3, 0.4) is 0 Å². The summed E-state index contributed by atoms with van der Waals surface area (Å²) in [6.07, 6.45) is 0.351. The number of sulfone groups is 1. The van der Waals surface area contributed by atoms with Gasteiger partial charge in [0.05, 0.1) is 30.2 Å². The number of methoxy groups -OCH3 is 1.